The van der Waals surface area contributed by atoms with Gasteiger partial charge in [-0.25, -0.2) is 9.59 Å². The van der Waals surface area contributed by atoms with Crippen molar-refractivity contribution in [2.45, 2.75) is 39.5 Å². The second-order valence-corrected chi connectivity index (χ2v) is 7.99. The first-order valence-electron chi connectivity index (χ1n) is 10.9. The average molecular weight is 448 g/mol. The second kappa shape index (κ2) is 10.3. The van der Waals surface area contributed by atoms with Crippen molar-refractivity contribution in [3.63, 3.8) is 0 Å². The zero-order valence-electron chi connectivity index (χ0n) is 19.7. The van der Waals surface area contributed by atoms with E-state index in [2.05, 4.69) is 5.32 Å². The summed E-state index contributed by atoms with van der Waals surface area (Å²) in [5.74, 6) is -1.49. The number of carbonyl (C=O) groups is 3. The van der Waals surface area contributed by atoms with E-state index in [0.29, 0.717) is 34.5 Å². The molecule has 1 aliphatic heterocycles. The van der Waals surface area contributed by atoms with Gasteiger partial charge in [0.05, 0.1) is 31.3 Å². The molecule has 6 heteroatoms. The van der Waals surface area contributed by atoms with Crippen LogP contribution in [0.3, 0.4) is 0 Å². The van der Waals surface area contributed by atoms with E-state index in [1.54, 1.807) is 13.8 Å². The zero-order valence-corrected chi connectivity index (χ0v) is 19.7. The van der Waals surface area contributed by atoms with Crippen molar-refractivity contribution in [2.24, 2.45) is 0 Å². The number of Topliss-reactive ketones (excluding diaryl/α,β-unsaturated/α-hetero) is 1. The van der Waals surface area contributed by atoms with Gasteiger partial charge in [-0.1, -0.05) is 55.5 Å². The van der Waals surface area contributed by atoms with Gasteiger partial charge in [-0.15, -0.1) is 0 Å². The molecule has 1 N–H and O–H groups in total. The number of ether oxygens (including phenoxy) is 2. The number of hydrogen-bond acceptors (Lipinski definition) is 6. The first-order valence-corrected chi connectivity index (χ1v) is 10.9. The summed E-state index contributed by atoms with van der Waals surface area (Å²) in [6.45, 7) is 5.56. The maximum atomic E-state index is 12.6. The van der Waals surface area contributed by atoms with Crippen LogP contribution in [0, 0.1) is 0 Å². The van der Waals surface area contributed by atoms with Crippen LogP contribution in [0.15, 0.2) is 71.1 Å². The normalized spacial score (nSPS) is 14.1. The Morgan fingerprint density at radius 2 is 1.24 bits per heavy atom. The molecule has 0 saturated carbocycles. The number of hydrogen-bond donors (Lipinski definition) is 1. The van der Waals surface area contributed by atoms with Crippen LogP contribution in [-0.2, 0) is 19.1 Å². The van der Waals surface area contributed by atoms with Crippen LogP contribution in [-0.4, -0.2) is 31.9 Å². The van der Waals surface area contributed by atoms with Crippen LogP contribution in [0.5, 0.6) is 0 Å². The molecular formula is C27H29NO5. The molecule has 172 valence electrons. The number of ketones is 1. The van der Waals surface area contributed by atoms with E-state index >= 15 is 0 Å². The lowest BCUT2D eigenvalue weighted by Crippen LogP contribution is -2.32. The number of rotatable bonds is 7. The van der Waals surface area contributed by atoms with Crippen LogP contribution >= 0.6 is 0 Å². The monoisotopic (exact) mass is 447 g/mol. The summed E-state index contributed by atoms with van der Waals surface area (Å²) in [6.07, 6.45) is 1.36. The number of nitrogens with one attached hydrogen (secondary N) is 1. The first-order chi connectivity index (χ1) is 15.8. The fourth-order valence-corrected chi connectivity index (χ4v) is 4.18. The molecule has 1 heterocycles. The second-order valence-electron chi connectivity index (χ2n) is 7.99. The minimum Gasteiger partial charge on any atom is -0.466 e. The molecule has 0 radical (unpaired) electrons. The van der Waals surface area contributed by atoms with E-state index in [1.165, 1.54) is 14.2 Å². The van der Waals surface area contributed by atoms with Gasteiger partial charge in [0, 0.05) is 23.4 Å². The molecule has 0 bridgehead atoms. The average Bonchev–Trinajstić information content (AvgIpc) is 2.83. The standard InChI is InChI=1S/C27H29NO5/c1-6-7-22(29)20-12-8-18(9-13-20)19-10-14-21(15-11-19)25-23(26(30)32-4)16(2)28-17(3)24(25)27(31)33-5/h8-15,25,28H,6-7H2,1-5H3. The van der Waals surface area contributed by atoms with Crippen LogP contribution in [0.4, 0.5) is 0 Å². The molecule has 2 aromatic rings. The summed E-state index contributed by atoms with van der Waals surface area (Å²) >= 11 is 0. The van der Waals surface area contributed by atoms with Crippen molar-refractivity contribution in [3.05, 3.63) is 82.2 Å². The molecule has 33 heavy (non-hydrogen) atoms. The Labute approximate surface area is 194 Å². The molecule has 0 fully saturated rings. The number of benzene rings is 2. The van der Waals surface area contributed by atoms with Crippen molar-refractivity contribution in [1.29, 1.82) is 0 Å². The summed E-state index contributed by atoms with van der Waals surface area (Å²) in [6, 6.07) is 15.2. The highest BCUT2D eigenvalue weighted by molar-refractivity contribution is 6.00. The largest absolute Gasteiger partial charge is 0.466 e. The highest BCUT2D eigenvalue weighted by Gasteiger charge is 2.37. The topological polar surface area (TPSA) is 81.7 Å². The van der Waals surface area contributed by atoms with E-state index in [4.69, 9.17) is 9.47 Å². The molecule has 2 aromatic carbocycles. The zero-order chi connectivity index (χ0) is 24.1. The van der Waals surface area contributed by atoms with E-state index in [0.717, 1.165) is 23.1 Å². The Hall–Kier alpha value is -3.67. The summed E-state index contributed by atoms with van der Waals surface area (Å²) in [5.41, 5.74) is 5.42. The summed E-state index contributed by atoms with van der Waals surface area (Å²) in [7, 11) is 2.64. The molecule has 0 aliphatic carbocycles. The summed E-state index contributed by atoms with van der Waals surface area (Å²) in [4.78, 5) is 37.3. The van der Waals surface area contributed by atoms with Crippen molar-refractivity contribution >= 4 is 17.7 Å². The van der Waals surface area contributed by atoms with Crippen molar-refractivity contribution in [3.8, 4) is 11.1 Å². The Morgan fingerprint density at radius 1 is 0.788 bits per heavy atom. The fraction of sp³-hybridized carbons (Fsp3) is 0.296. The summed E-state index contributed by atoms with van der Waals surface area (Å²) < 4.78 is 10.0. The van der Waals surface area contributed by atoms with E-state index in [9.17, 15) is 14.4 Å². The van der Waals surface area contributed by atoms with Gasteiger partial charge < -0.3 is 14.8 Å². The Balaban J connectivity index is 2.00. The molecule has 0 aromatic heterocycles. The van der Waals surface area contributed by atoms with Gasteiger partial charge in [0.15, 0.2) is 5.78 Å². The molecule has 0 amide bonds. The molecule has 6 nitrogen and oxygen atoms in total. The molecule has 0 spiro atoms. The predicted octanol–water partition coefficient (Wildman–Crippen LogP) is 4.92. The number of esters is 2. The third kappa shape index (κ3) is 4.90. The predicted molar refractivity (Wildman–Crippen MR) is 126 cm³/mol. The Bertz CT molecular complexity index is 1090. The van der Waals surface area contributed by atoms with Gasteiger partial charge in [0.2, 0.25) is 0 Å². The summed E-state index contributed by atoms with van der Waals surface area (Å²) in [5, 5.41) is 3.10. The number of methoxy groups -OCH3 is 2. The van der Waals surface area contributed by atoms with Gasteiger partial charge in [-0.05, 0) is 37.0 Å². The number of dihydropyridines is 1. The van der Waals surface area contributed by atoms with Gasteiger partial charge in [-0.3, -0.25) is 4.79 Å². The molecule has 0 saturated heterocycles. The lowest BCUT2D eigenvalue weighted by atomic mass is 9.80. The molecule has 0 atom stereocenters. The first kappa shape index (κ1) is 24.0. The molecule has 1 aliphatic rings. The molecule has 3 rings (SSSR count). The Kier molecular flexibility index (Phi) is 7.48. The third-order valence-electron chi connectivity index (χ3n) is 5.83. The maximum Gasteiger partial charge on any atom is 0.336 e. The van der Waals surface area contributed by atoms with Gasteiger partial charge in [0.25, 0.3) is 0 Å². The van der Waals surface area contributed by atoms with Crippen molar-refractivity contribution in [1.82, 2.24) is 5.32 Å². The number of carbonyl (C=O) groups excluding carboxylic acids is 3. The van der Waals surface area contributed by atoms with Gasteiger partial charge in [0.1, 0.15) is 0 Å². The highest BCUT2D eigenvalue weighted by Crippen LogP contribution is 2.39. The molecular weight excluding hydrogens is 418 g/mol. The van der Waals surface area contributed by atoms with Crippen molar-refractivity contribution in [2.75, 3.05) is 14.2 Å². The minimum absolute atomic E-state index is 0.139. The van der Waals surface area contributed by atoms with Crippen LogP contribution in [0.25, 0.3) is 11.1 Å². The number of allylic oxidation sites excluding steroid dienone is 2. The molecule has 0 unspecified atom stereocenters. The third-order valence-corrected chi connectivity index (χ3v) is 5.83. The maximum absolute atomic E-state index is 12.6. The quantitative estimate of drug-likeness (QED) is 0.479. The minimum atomic E-state index is -0.616. The van der Waals surface area contributed by atoms with Crippen LogP contribution in [0.1, 0.15) is 55.5 Å². The van der Waals surface area contributed by atoms with E-state index in [1.807, 2.05) is 55.5 Å². The van der Waals surface area contributed by atoms with Crippen LogP contribution < -0.4 is 5.32 Å². The van der Waals surface area contributed by atoms with Crippen molar-refractivity contribution < 1.29 is 23.9 Å². The lowest BCUT2D eigenvalue weighted by Gasteiger charge is -2.30. The highest BCUT2D eigenvalue weighted by atomic mass is 16.5. The van der Waals surface area contributed by atoms with E-state index < -0.39 is 17.9 Å². The SMILES string of the molecule is CCCC(=O)c1ccc(-c2ccc(C3C(C(=O)OC)=C(C)NC(C)=C3C(=O)OC)cc2)cc1. The van der Waals surface area contributed by atoms with E-state index in [-0.39, 0.29) is 5.78 Å². The van der Waals surface area contributed by atoms with Crippen LogP contribution in [0.2, 0.25) is 0 Å². The smallest absolute Gasteiger partial charge is 0.336 e. The fourth-order valence-electron chi connectivity index (χ4n) is 4.18. The van der Waals surface area contributed by atoms with Gasteiger partial charge >= 0.3 is 11.9 Å². The van der Waals surface area contributed by atoms with Gasteiger partial charge in [-0.2, -0.15) is 0 Å². The lowest BCUT2D eigenvalue weighted by molar-refractivity contribution is -0.137. The Morgan fingerprint density at radius 3 is 1.67 bits per heavy atom.